The SMILES string of the molecule is C[Si](C)(C)CCOCn1c(=O)c(C#N)nn(-c2ccc(N3[C@@H]4CC[C@H]3C[C@@H](OCc3c(-c5ccccc5OC(F)(F)F)noc3C3CC3)C4)cc2)c1=O. The Morgan fingerprint density at radius 1 is 0.981 bits per heavy atom. The largest absolute Gasteiger partial charge is 0.573 e. The molecule has 3 fully saturated rings. The molecule has 4 heterocycles. The molecule has 2 saturated heterocycles. The van der Waals surface area contributed by atoms with Crippen molar-refractivity contribution in [2.75, 3.05) is 11.5 Å². The van der Waals surface area contributed by atoms with Gasteiger partial charge in [-0.15, -0.1) is 18.3 Å². The van der Waals surface area contributed by atoms with Crippen LogP contribution in [0.2, 0.25) is 25.7 Å². The summed E-state index contributed by atoms with van der Waals surface area (Å²) in [6.07, 6.45) is 0.343. The Morgan fingerprint density at radius 2 is 1.66 bits per heavy atom. The first kappa shape index (κ1) is 36.6. The van der Waals surface area contributed by atoms with Gasteiger partial charge in [0, 0.05) is 49.5 Å². The fraction of sp³-hybridized carbons (Fsp3) is 0.486. The van der Waals surface area contributed by atoms with E-state index in [2.05, 4.69) is 39.5 Å². The summed E-state index contributed by atoms with van der Waals surface area (Å²) in [5, 5.41) is 17.8. The van der Waals surface area contributed by atoms with Gasteiger partial charge in [-0.05, 0) is 81.0 Å². The lowest BCUT2D eigenvalue weighted by Gasteiger charge is -2.40. The van der Waals surface area contributed by atoms with Crippen LogP contribution in [0.5, 0.6) is 5.75 Å². The monoisotopic (exact) mass is 750 g/mol. The number of anilines is 1. The topological polar surface area (TPSA) is 138 Å². The summed E-state index contributed by atoms with van der Waals surface area (Å²) in [4.78, 5) is 28.5. The fourth-order valence-electron chi connectivity index (χ4n) is 7.27. The highest BCUT2D eigenvalue weighted by atomic mass is 28.3. The van der Waals surface area contributed by atoms with Crippen LogP contribution in [0.3, 0.4) is 0 Å². The highest BCUT2D eigenvalue weighted by Crippen LogP contribution is 2.46. The number of rotatable bonds is 13. The summed E-state index contributed by atoms with van der Waals surface area (Å²) in [7, 11) is -1.38. The van der Waals surface area contributed by atoms with E-state index < -0.39 is 31.4 Å². The van der Waals surface area contributed by atoms with Gasteiger partial charge >= 0.3 is 12.1 Å². The molecule has 2 aliphatic heterocycles. The predicted molar refractivity (Wildman–Crippen MR) is 191 cm³/mol. The number of hydrogen-bond donors (Lipinski definition) is 0. The smallest absolute Gasteiger partial charge is 0.405 e. The third kappa shape index (κ3) is 8.12. The van der Waals surface area contributed by atoms with Crippen molar-refractivity contribution in [3.63, 3.8) is 0 Å². The molecule has 2 aromatic heterocycles. The Balaban J connectivity index is 1.05. The molecule has 4 aromatic rings. The maximum Gasteiger partial charge on any atom is 0.573 e. The normalized spacial score (nSPS) is 20.1. The Bertz CT molecular complexity index is 2100. The van der Waals surface area contributed by atoms with Gasteiger partial charge in [0.25, 0.3) is 5.56 Å². The van der Waals surface area contributed by atoms with Crippen LogP contribution in [0.1, 0.15) is 61.5 Å². The molecule has 3 atom stereocenters. The highest BCUT2D eigenvalue weighted by molar-refractivity contribution is 6.76. The second kappa shape index (κ2) is 14.6. The van der Waals surface area contributed by atoms with Gasteiger partial charge in [0.05, 0.1) is 18.4 Å². The van der Waals surface area contributed by atoms with Crippen molar-refractivity contribution in [2.45, 2.75) is 108 Å². The van der Waals surface area contributed by atoms with Crippen LogP contribution in [-0.2, 0) is 22.8 Å². The molecule has 0 spiro atoms. The Kier molecular flexibility index (Phi) is 10.1. The van der Waals surface area contributed by atoms with Crippen molar-refractivity contribution in [1.82, 2.24) is 19.5 Å². The molecule has 0 radical (unpaired) electrons. The fourth-order valence-corrected chi connectivity index (χ4v) is 8.02. The van der Waals surface area contributed by atoms with E-state index in [1.54, 1.807) is 30.3 Å². The average Bonchev–Trinajstić information content (AvgIpc) is 3.81. The molecule has 1 saturated carbocycles. The van der Waals surface area contributed by atoms with E-state index in [1.165, 1.54) is 12.1 Å². The third-order valence-electron chi connectivity index (χ3n) is 10.1. The number of benzene rings is 2. The third-order valence-corrected chi connectivity index (χ3v) is 11.8. The highest BCUT2D eigenvalue weighted by Gasteiger charge is 2.42. The summed E-state index contributed by atoms with van der Waals surface area (Å²) in [5.41, 5.74) is 0.656. The summed E-state index contributed by atoms with van der Waals surface area (Å²) < 4.78 is 63.8. The molecule has 3 aliphatic rings. The minimum Gasteiger partial charge on any atom is -0.405 e. The molecule has 2 aromatic carbocycles. The van der Waals surface area contributed by atoms with Gasteiger partial charge in [0.1, 0.15) is 30.0 Å². The van der Waals surface area contributed by atoms with Gasteiger partial charge < -0.3 is 23.6 Å². The van der Waals surface area contributed by atoms with E-state index in [9.17, 15) is 28.0 Å². The minimum atomic E-state index is -4.85. The lowest BCUT2D eigenvalue weighted by Crippen LogP contribution is -2.45. The van der Waals surface area contributed by atoms with Crippen LogP contribution >= 0.6 is 0 Å². The summed E-state index contributed by atoms with van der Waals surface area (Å²) >= 11 is 0. The number of alkyl halides is 3. The molecule has 1 aliphatic carbocycles. The molecule has 0 N–H and O–H groups in total. The number of ether oxygens (including phenoxy) is 3. The lowest BCUT2D eigenvalue weighted by molar-refractivity contribution is -0.274. The Hall–Kier alpha value is -4.72. The molecular formula is C37H41F3N6O6Si. The molecule has 0 unspecified atom stereocenters. The molecule has 12 nitrogen and oxygen atoms in total. The van der Waals surface area contributed by atoms with Crippen LogP contribution in [0, 0.1) is 11.3 Å². The molecule has 0 amide bonds. The standard InChI is InChI=1S/C37H41F3N6O6Si/c1-53(2,3)17-16-49-22-44-35(47)31(20-41)42-46(36(44)48)25-12-10-24(11-13-25)45-26-14-15-27(45)19-28(18-26)50-21-30-33(43-52-34(30)23-8-9-23)29-6-4-5-7-32(29)51-37(38,39)40/h4-7,10-13,23,26-28H,8-9,14-19,21-22H2,1-3H3/t26-,27+,28+. The van der Waals surface area contributed by atoms with Crippen LogP contribution in [-0.4, -0.2) is 58.7 Å². The molecule has 7 rings (SSSR count). The van der Waals surface area contributed by atoms with Crippen molar-refractivity contribution in [1.29, 1.82) is 5.26 Å². The minimum absolute atomic E-state index is 0.0827. The molecule has 280 valence electrons. The van der Waals surface area contributed by atoms with Gasteiger partial charge in [-0.3, -0.25) is 4.79 Å². The quantitative estimate of drug-likeness (QED) is 0.107. The number of fused-ring (bicyclic) bond motifs is 2. The number of nitriles is 1. The van der Waals surface area contributed by atoms with Crippen molar-refractivity contribution >= 4 is 13.8 Å². The Morgan fingerprint density at radius 3 is 2.30 bits per heavy atom. The zero-order valence-electron chi connectivity index (χ0n) is 29.8. The molecule has 16 heteroatoms. The first-order valence-electron chi connectivity index (χ1n) is 17.9. The number of para-hydroxylation sites is 1. The van der Waals surface area contributed by atoms with Gasteiger partial charge in [-0.25, -0.2) is 9.36 Å². The van der Waals surface area contributed by atoms with Crippen LogP contribution in [0.15, 0.2) is 62.6 Å². The van der Waals surface area contributed by atoms with E-state index >= 15 is 0 Å². The first-order valence-corrected chi connectivity index (χ1v) is 21.6. The lowest BCUT2D eigenvalue weighted by atomic mass is 9.98. The Labute approximate surface area is 304 Å². The van der Waals surface area contributed by atoms with Gasteiger partial charge in [-0.2, -0.15) is 9.94 Å². The van der Waals surface area contributed by atoms with Crippen LogP contribution in [0.4, 0.5) is 18.9 Å². The molecule has 53 heavy (non-hydrogen) atoms. The van der Waals surface area contributed by atoms with Gasteiger partial charge in [-0.1, -0.05) is 36.9 Å². The molecular weight excluding hydrogens is 710 g/mol. The van der Waals surface area contributed by atoms with Gasteiger partial charge in [0.15, 0.2) is 0 Å². The number of hydrogen-bond acceptors (Lipinski definition) is 10. The number of aromatic nitrogens is 4. The number of halogens is 3. The zero-order valence-corrected chi connectivity index (χ0v) is 30.8. The summed E-state index contributed by atoms with van der Waals surface area (Å²) in [6, 6.07) is 16.3. The zero-order chi connectivity index (χ0) is 37.5. The van der Waals surface area contributed by atoms with Crippen molar-refractivity contribution in [3.8, 4) is 28.8 Å². The maximum absolute atomic E-state index is 13.4. The molecule has 2 bridgehead atoms. The van der Waals surface area contributed by atoms with Crippen LogP contribution < -0.4 is 20.9 Å². The second-order valence-electron chi connectivity index (χ2n) is 15.1. The average molecular weight is 751 g/mol. The van der Waals surface area contributed by atoms with Gasteiger partial charge in [0.2, 0.25) is 5.69 Å². The van der Waals surface area contributed by atoms with E-state index in [0.29, 0.717) is 29.3 Å². The second-order valence-corrected chi connectivity index (χ2v) is 20.8. The maximum atomic E-state index is 13.4. The first-order chi connectivity index (χ1) is 25.3. The van der Waals surface area contributed by atoms with E-state index in [1.807, 2.05) is 12.1 Å². The summed E-state index contributed by atoms with van der Waals surface area (Å²) in [6.45, 7) is 6.90. The van der Waals surface area contributed by atoms with Crippen molar-refractivity contribution in [2.24, 2.45) is 0 Å². The number of nitrogens with zero attached hydrogens (tertiary/aromatic N) is 6. The summed E-state index contributed by atoms with van der Waals surface area (Å²) in [5.74, 6) is 0.479. The van der Waals surface area contributed by atoms with E-state index in [0.717, 1.165) is 59.5 Å². The van der Waals surface area contributed by atoms with E-state index in [-0.39, 0.29) is 48.8 Å². The van der Waals surface area contributed by atoms with Crippen LogP contribution in [0.25, 0.3) is 16.9 Å². The predicted octanol–water partition coefficient (Wildman–Crippen LogP) is 6.73. The van der Waals surface area contributed by atoms with E-state index in [4.69, 9.17) is 14.0 Å². The van der Waals surface area contributed by atoms with Crippen molar-refractivity contribution in [3.05, 3.63) is 86.4 Å². The van der Waals surface area contributed by atoms with Crippen molar-refractivity contribution < 1.29 is 31.9 Å². The number of piperidine rings is 1.